The fraction of sp³-hybridized carbons (Fsp3) is 0.250. The van der Waals surface area contributed by atoms with Gasteiger partial charge in [-0.05, 0) is 32.0 Å². The number of benzene rings is 1. The van der Waals surface area contributed by atoms with Gasteiger partial charge in [0.15, 0.2) is 11.6 Å². The zero-order chi connectivity index (χ0) is 20.5. The minimum Gasteiger partial charge on any atom is -0.389 e. The highest BCUT2D eigenvalue weighted by molar-refractivity contribution is 7.89. The predicted octanol–water partition coefficient (Wildman–Crippen LogP) is 1.01. The Morgan fingerprint density at radius 2 is 2.11 bits per heavy atom. The van der Waals surface area contributed by atoms with E-state index in [0.717, 1.165) is 0 Å². The third kappa shape index (κ3) is 4.44. The first kappa shape index (κ1) is 20.1. The molecule has 0 unspecified atom stereocenters. The van der Waals surface area contributed by atoms with E-state index in [-0.39, 0.29) is 28.1 Å². The molecule has 3 rings (SSSR count). The molecule has 0 atom stereocenters. The Morgan fingerprint density at radius 3 is 2.75 bits per heavy atom. The average Bonchev–Trinajstić information content (AvgIpc) is 3.15. The Kier molecular flexibility index (Phi) is 5.35. The summed E-state index contributed by atoms with van der Waals surface area (Å²) in [7, 11) is -3.87. The first-order valence-electron chi connectivity index (χ1n) is 8.06. The van der Waals surface area contributed by atoms with Crippen LogP contribution in [0.15, 0.2) is 41.9 Å². The fourth-order valence-corrected chi connectivity index (χ4v) is 3.67. The zero-order valence-electron chi connectivity index (χ0n) is 15.0. The van der Waals surface area contributed by atoms with Gasteiger partial charge < -0.3 is 10.8 Å². The van der Waals surface area contributed by atoms with Crippen LogP contribution in [0.3, 0.4) is 0 Å². The summed E-state index contributed by atoms with van der Waals surface area (Å²) >= 11 is 6.26. The lowest BCUT2D eigenvalue weighted by molar-refractivity contribution is 0.0857. The molecular weight excluding hydrogens is 406 g/mol. The van der Waals surface area contributed by atoms with Gasteiger partial charge in [-0.2, -0.15) is 9.78 Å². The van der Waals surface area contributed by atoms with Crippen LogP contribution in [0.1, 0.15) is 13.8 Å². The van der Waals surface area contributed by atoms with Crippen molar-refractivity contribution in [2.45, 2.75) is 24.3 Å². The van der Waals surface area contributed by atoms with E-state index in [4.69, 9.17) is 17.3 Å². The highest BCUT2D eigenvalue weighted by Gasteiger charge is 2.21. The molecule has 10 nitrogen and oxygen atoms in total. The summed E-state index contributed by atoms with van der Waals surface area (Å²) in [5.74, 6) is 0.362. The van der Waals surface area contributed by atoms with Crippen LogP contribution in [-0.2, 0) is 10.0 Å². The minimum atomic E-state index is -3.87. The van der Waals surface area contributed by atoms with Gasteiger partial charge in [-0.1, -0.05) is 11.6 Å². The maximum atomic E-state index is 12.5. The highest BCUT2D eigenvalue weighted by Crippen LogP contribution is 2.30. The third-order valence-electron chi connectivity index (χ3n) is 3.64. The number of nitrogen functional groups attached to an aromatic ring is 1. The number of halogens is 1. The Balaban J connectivity index is 2.02. The van der Waals surface area contributed by atoms with Crippen LogP contribution in [-0.4, -0.2) is 50.4 Å². The van der Waals surface area contributed by atoms with Crippen molar-refractivity contribution in [3.05, 3.63) is 42.1 Å². The molecule has 0 spiro atoms. The van der Waals surface area contributed by atoms with E-state index in [0.29, 0.717) is 11.3 Å². The van der Waals surface area contributed by atoms with Gasteiger partial charge in [-0.15, -0.1) is 0 Å². The molecule has 0 aliphatic heterocycles. The Hall–Kier alpha value is -2.60. The monoisotopic (exact) mass is 423 g/mol. The summed E-state index contributed by atoms with van der Waals surface area (Å²) in [5, 5.41) is 14.0. The normalized spacial score (nSPS) is 12.3. The first-order valence-corrected chi connectivity index (χ1v) is 9.92. The van der Waals surface area contributed by atoms with Gasteiger partial charge in [-0.3, -0.25) is 0 Å². The molecule has 0 aliphatic rings. The minimum absolute atomic E-state index is 0.0305. The Morgan fingerprint density at radius 1 is 1.36 bits per heavy atom. The number of hydrogen-bond donors (Lipinski definition) is 3. The van der Waals surface area contributed by atoms with Crippen molar-refractivity contribution in [2.24, 2.45) is 0 Å². The number of aromatic nitrogens is 5. The second-order valence-electron chi connectivity index (χ2n) is 6.58. The highest BCUT2D eigenvalue weighted by atomic mass is 35.5. The van der Waals surface area contributed by atoms with Crippen molar-refractivity contribution in [2.75, 3.05) is 12.3 Å². The number of nitrogens with one attached hydrogen (secondary N) is 1. The van der Waals surface area contributed by atoms with Crippen molar-refractivity contribution in [1.29, 1.82) is 0 Å². The molecule has 0 fully saturated rings. The van der Waals surface area contributed by atoms with Crippen molar-refractivity contribution >= 4 is 27.4 Å². The Bertz CT molecular complexity index is 1100. The fourth-order valence-electron chi connectivity index (χ4n) is 2.23. The molecule has 0 saturated carbocycles. The van der Waals surface area contributed by atoms with Crippen molar-refractivity contribution in [3.8, 4) is 17.1 Å². The van der Waals surface area contributed by atoms with Gasteiger partial charge in [-0.25, -0.2) is 28.1 Å². The maximum absolute atomic E-state index is 12.5. The lowest BCUT2D eigenvalue weighted by Gasteiger charge is -2.18. The van der Waals surface area contributed by atoms with Crippen LogP contribution >= 0.6 is 11.6 Å². The summed E-state index contributed by atoms with van der Waals surface area (Å²) in [6, 6.07) is 4.19. The van der Waals surface area contributed by atoms with Gasteiger partial charge >= 0.3 is 0 Å². The van der Waals surface area contributed by atoms with Crippen LogP contribution in [0, 0.1) is 0 Å². The molecule has 148 valence electrons. The van der Waals surface area contributed by atoms with E-state index in [1.165, 1.54) is 55.6 Å². The molecule has 4 N–H and O–H groups in total. The molecule has 0 bridgehead atoms. The number of anilines is 1. The van der Waals surface area contributed by atoms with E-state index >= 15 is 0 Å². The van der Waals surface area contributed by atoms with Crippen molar-refractivity contribution < 1.29 is 13.5 Å². The second-order valence-corrected chi connectivity index (χ2v) is 8.76. The number of rotatable bonds is 6. The molecule has 0 saturated heterocycles. The van der Waals surface area contributed by atoms with E-state index < -0.39 is 15.6 Å². The van der Waals surface area contributed by atoms with Gasteiger partial charge in [0.25, 0.3) is 0 Å². The largest absolute Gasteiger partial charge is 0.389 e. The van der Waals surface area contributed by atoms with Crippen LogP contribution in [0.5, 0.6) is 0 Å². The number of hydrogen-bond acceptors (Lipinski definition) is 8. The number of nitrogens with two attached hydrogens (primary N) is 1. The summed E-state index contributed by atoms with van der Waals surface area (Å²) in [4.78, 5) is 12.3. The molecule has 3 aromatic rings. The molecule has 12 heteroatoms. The average molecular weight is 424 g/mol. The smallest absolute Gasteiger partial charge is 0.240 e. The molecule has 1 aromatic carbocycles. The van der Waals surface area contributed by atoms with E-state index in [9.17, 15) is 13.5 Å². The Labute approximate surface area is 166 Å². The molecule has 0 amide bonds. The standard InChI is InChI=1S/C16H18ClN7O3S/c1-16(2,25)7-22-28(26,27)10-3-4-12(17)11(5-10)13-6-20-14(18)15(23-13)24-9-19-8-21-24/h3-6,8-9,22,25H,7H2,1-2H3,(H2,18,20). The lowest BCUT2D eigenvalue weighted by Crippen LogP contribution is -2.38. The zero-order valence-corrected chi connectivity index (χ0v) is 16.6. The van der Waals surface area contributed by atoms with Gasteiger partial charge in [0, 0.05) is 12.1 Å². The molecule has 28 heavy (non-hydrogen) atoms. The van der Waals surface area contributed by atoms with E-state index in [1.54, 1.807) is 0 Å². The third-order valence-corrected chi connectivity index (χ3v) is 5.36. The van der Waals surface area contributed by atoms with Gasteiger partial charge in [0.1, 0.15) is 12.7 Å². The molecule has 2 aromatic heterocycles. The summed E-state index contributed by atoms with van der Waals surface area (Å²) in [6.07, 6.45) is 4.12. The maximum Gasteiger partial charge on any atom is 0.240 e. The summed E-state index contributed by atoms with van der Waals surface area (Å²) in [6.45, 7) is 2.85. The van der Waals surface area contributed by atoms with Gasteiger partial charge in [0.05, 0.1) is 27.4 Å². The van der Waals surface area contributed by atoms with Crippen molar-refractivity contribution in [1.82, 2.24) is 29.5 Å². The molecule has 2 heterocycles. The number of aliphatic hydroxyl groups is 1. The van der Waals surface area contributed by atoms with E-state index in [2.05, 4.69) is 24.8 Å². The SMILES string of the molecule is CC(C)(O)CNS(=O)(=O)c1ccc(Cl)c(-c2cnc(N)c(-n3cncn3)n2)c1. The predicted molar refractivity (Wildman–Crippen MR) is 103 cm³/mol. The molecule has 0 radical (unpaired) electrons. The number of sulfonamides is 1. The van der Waals surface area contributed by atoms with Crippen LogP contribution in [0.25, 0.3) is 17.1 Å². The lowest BCUT2D eigenvalue weighted by atomic mass is 10.1. The first-order chi connectivity index (χ1) is 13.1. The van der Waals surface area contributed by atoms with Crippen molar-refractivity contribution in [3.63, 3.8) is 0 Å². The summed E-state index contributed by atoms with van der Waals surface area (Å²) in [5.41, 5.74) is 5.31. The quantitative estimate of drug-likeness (QED) is 0.531. The van der Waals surface area contributed by atoms with Gasteiger partial charge in [0.2, 0.25) is 10.0 Å². The van der Waals surface area contributed by atoms with E-state index in [1.807, 2.05) is 0 Å². The number of nitrogens with zero attached hydrogens (tertiary/aromatic N) is 5. The second kappa shape index (κ2) is 7.43. The molecule has 0 aliphatic carbocycles. The molecular formula is C16H18ClN7O3S. The topological polar surface area (TPSA) is 149 Å². The van der Waals surface area contributed by atoms with Crippen LogP contribution in [0.4, 0.5) is 5.82 Å². The summed E-state index contributed by atoms with van der Waals surface area (Å²) < 4.78 is 28.8. The van der Waals surface area contributed by atoms with Crippen LogP contribution < -0.4 is 10.5 Å². The van der Waals surface area contributed by atoms with Crippen LogP contribution in [0.2, 0.25) is 5.02 Å².